The number of aliphatic hydroxyl groups excluding tert-OH is 2. The van der Waals surface area contributed by atoms with Crippen molar-refractivity contribution in [3.63, 3.8) is 0 Å². The first-order valence-corrected chi connectivity index (χ1v) is 7.59. The third-order valence-electron chi connectivity index (χ3n) is 4.00. The molecule has 0 unspecified atom stereocenters. The Labute approximate surface area is 112 Å². The van der Waals surface area contributed by atoms with Crippen LogP contribution >= 0.6 is 0 Å². The zero-order chi connectivity index (χ0) is 13.4. The number of aliphatic hydroxyl groups is 2. The maximum atomic E-state index is 9.20. The number of rotatable bonds is 8. The summed E-state index contributed by atoms with van der Waals surface area (Å²) < 4.78 is 0. The highest BCUT2D eigenvalue weighted by Crippen LogP contribution is 2.25. The van der Waals surface area contributed by atoms with E-state index >= 15 is 0 Å². The van der Waals surface area contributed by atoms with E-state index in [0.717, 1.165) is 25.6 Å². The van der Waals surface area contributed by atoms with Crippen molar-refractivity contribution < 1.29 is 10.2 Å². The molecule has 1 aliphatic rings. The molecule has 2 N–H and O–H groups in total. The minimum Gasteiger partial charge on any atom is -0.396 e. The zero-order valence-corrected chi connectivity index (χ0v) is 12.1. The average Bonchev–Trinajstić information content (AvgIpc) is 2.39. The van der Waals surface area contributed by atoms with Crippen molar-refractivity contribution in [1.29, 1.82) is 0 Å². The SMILES string of the molecule is C[C@H](CO)CN(CC1CCCCC1)C[C@@H](C)CO. The molecular formula is C15H31NO2. The largest absolute Gasteiger partial charge is 0.396 e. The van der Waals surface area contributed by atoms with Gasteiger partial charge in [0, 0.05) is 32.8 Å². The summed E-state index contributed by atoms with van der Waals surface area (Å²) in [7, 11) is 0. The predicted octanol–water partition coefficient (Wildman–Crippen LogP) is 2.13. The fourth-order valence-electron chi connectivity index (χ4n) is 2.96. The molecule has 0 aliphatic heterocycles. The van der Waals surface area contributed by atoms with Crippen molar-refractivity contribution in [2.45, 2.75) is 46.0 Å². The summed E-state index contributed by atoms with van der Waals surface area (Å²) in [5, 5.41) is 18.4. The second-order valence-electron chi connectivity index (χ2n) is 6.30. The van der Waals surface area contributed by atoms with E-state index in [4.69, 9.17) is 0 Å². The molecule has 1 rings (SSSR count). The summed E-state index contributed by atoms with van der Waals surface area (Å²) in [5.41, 5.74) is 0. The summed E-state index contributed by atoms with van der Waals surface area (Å²) in [6.07, 6.45) is 6.87. The fourth-order valence-corrected chi connectivity index (χ4v) is 2.96. The molecule has 0 aromatic carbocycles. The summed E-state index contributed by atoms with van der Waals surface area (Å²) in [6, 6.07) is 0. The molecular weight excluding hydrogens is 226 g/mol. The van der Waals surface area contributed by atoms with Crippen LogP contribution in [0.3, 0.4) is 0 Å². The second kappa shape index (κ2) is 8.89. The van der Waals surface area contributed by atoms with Gasteiger partial charge < -0.3 is 15.1 Å². The van der Waals surface area contributed by atoms with Gasteiger partial charge >= 0.3 is 0 Å². The maximum Gasteiger partial charge on any atom is 0.0468 e. The lowest BCUT2D eigenvalue weighted by atomic mass is 9.88. The van der Waals surface area contributed by atoms with E-state index in [-0.39, 0.29) is 13.2 Å². The summed E-state index contributed by atoms with van der Waals surface area (Å²) in [4.78, 5) is 2.46. The van der Waals surface area contributed by atoms with Crippen LogP contribution in [0.4, 0.5) is 0 Å². The molecule has 0 saturated heterocycles. The van der Waals surface area contributed by atoms with E-state index in [1.165, 1.54) is 32.1 Å². The van der Waals surface area contributed by atoms with Gasteiger partial charge in [0.15, 0.2) is 0 Å². The van der Waals surface area contributed by atoms with Crippen molar-refractivity contribution in [1.82, 2.24) is 4.90 Å². The van der Waals surface area contributed by atoms with Crippen LogP contribution in [-0.2, 0) is 0 Å². The van der Waals surface area contributed by atoms with Crippen LogP contribution in [0.2, 0.25) is 0 Å². The first-order valence-electron chi connectivity index (χ1n) is 7.59. The first-order chi connectivity index (χ1) is 8.65. The van der Waals surface area contributed by atoms with Crippen molar-refractivity contribution in [2.75, 3.05) is 32.8 Å². The lowest BCUT2D eigenvalue weighted by molar-refractivity contribution is 0.116. The van der Waals surface area contributed by atoms with E-state index in [0.29, 0.717) is 11.8 Å². The molecule has 18 heavy (non-hydrogen) atoms. The Hall–Kier alpha value is -0.120. The smallest absolute Gasteiger partial charge is 0.0468 e. The molecule has 0 aromatic heterocycles. The molecule has 0 bridgehead atoms. The molecule has 2 atom stereocenters. The molecule has 108 valence electrons. The van der Waals surface area contributed by atoms with Gasteiger partial charge in [-0.3, -0.25) is 0 Å². The Morgan fingerprint density at radius 1 is 0.944 bits per heavy atom. The Bertz CT molecular complexity index is 193. The van der Waals surface area contributed by atoms with E-state index in [2.05, 4.69) is 18.7 Å². The van der Waals surface area contributed by atoms with Crippen LogP contribution in [0.1, 0.15) is 46.0 Å². The summed E-state index contributed by atoms with van der Waals surface area (Å²) in [5.74, 6) is 1.49. The van der Waals surface area contributed by atoms with E-state index in [1.54, 1.807) is 0 Å². The second-order valence-corrected chi connectivity index (χ2v) is 6.30. The molecule has 3 nitrogen and oxygen atoms in total. The molecule has 0 aromatic rings. The normalized spacial score (nSPS) is 21.2. The molecule has 0 radical (unpaired) electrons. The highest BCUT2D eigenvalue weighted by molar-refractivity contribution is 4.73. The van der Waals surface area contributed by atoms with Crippen LogP contribution in [-0.4, -0.2) is 48.0 Å². The van der Waals surface area contributed by atoms with Crippen molar-refractivity contribution >= 4 is 0 Å². The Kier molecular flexibility index (Phi) is 7.87. The molecule has 3 heteroatoms. The first kappa shape index (κ1) is 15.9. The lowest BCUT2D eigenvalue weighted by Crippen LogP contribution is -2.38. The van der Waals surface area contributed by atoms with Gasteiger partial charge in [-0.1, -0.05) is 33.1 Å². The van der Waals surface area contributed by atoms with Gasteiger partial charge in [-0.25, -0.2) is 0 Å². The molecule has 0 heterocycles. The summed E-state index contributed by atoms with van der Waals surface area (Å²) in [6.45, 7) is 7.77. The van der Waals surface area contributed by atoms with Gasteiger partial charge in [-0.15, -0.1) is 0 Å². The van der Waals surface area contributed by atoms with Crippen molar-refractivity contribution in [2.24, 2.45) is 17.8 Å². The minimum absolute atomic E-state index is 0.259. The maximum absolute atomic E-state index is 9.20. The van der Waals surface area contributed by atoms with Gasteiger partial charge in [0.2, 0.25) is 0 Å². The highest BCUT2D eigenvalue weighted by atomic mass is 16.3. The van der Waals surface area contributed by atoms with Crippen molar-refractivity contribution in [3.05, 3.63) is 0 Å². The quantitative estimate of drug-likeness (QED) is 0.700. The van der Waals surface area contributed by atoms with Crippen molar-refractivity contribution in [3.8, 4) is 0 Å². The predicted molar refractivity (Wildman–Crippen MR) is 75.5 cm³/mol. The standard InChI is InChI=1S/C15H31NO2/c1-13(11-17)8-16(9-14(2)12-18)10-15-6-4-3-5-7-15/h13-15,17-18H,3-12H2,1-2H3/t13-,14+. The van der Waals surface area contributed by atoms with E-state index in [9.17, 15) is 10.2 Å². The lowest BCUT2D eigenvalue weighted by Gasteiger charge is -2.32. The topological polar surface area (TPSA) is 43.7 Å². The van der Waals surface area contributed by atoms with Crippen LogP contribution in [0.5, 0.6) is 0 Å². The van der Waals surface area contributed by atoms with Gasteiger partial charge in [0.05, 0.1) is 0 Å². The third-order valence-corrected chi connectivity index (χ3v) is 4.00. The average molecular weight is 257 g/mol. The van der Waals surface area contributed by atoms with Gasteiger partial charge in [-0.05, 0) is 30.6 Å². The van der Waals surface area contributed by atoms with E-state index < -0.39 is 0 Å². The minimum atomic E-state index is 0.259. The van der Waals surface area contributed by atoms with Gasteiger partial charge in [0.1, 0.15) is 0 Å². The molecule has 1 fully saturated rings. The van der Waals surface area contributed by atoms with Crippen LogP contribution < -0.4 is 0 Å². The number of hydrogen-bond acceptors (Lipinski definition) is 3. The Morgan fingerprint density at radius 2 is 1.44 bits per heavy atom. The molecule has 1 saturated carbocycles. The third kappa shape index (κ3) is 6.17. The fraction of sp³-hybridized carbons (Fsp3) is 1.00. The number of nitrogens with zero attached hydrogens (tertiary/aromatic N) is 1. The zero-order valence-electron chi connectivity index (χ0n) is 12.1. The van der Waals surface area contributed by atoms with Gasteiger partial charge in [0.25, 0.3) is 0 Å². The van der Waals surface area contributed by atoms with Gasteiger partial charge in [-0.2, -0.15) is 0 Å². The monoisotopic (exact) mass is 257 g/mol. The molecule has 0 amide bonds. The van der Waals surface area contributed by atoms with E-state index in [1.807, 2.05) is 0 Å². The Balaban J connectivity index is 2.41. The van der Waals surface area contributed by atoms with Crippen LogP contribution in [0.25, 0.3) is 0 Å². The van der Waals surface area contributed by atoms with Crippen LogP contribution in [0, 0.1) is 17.8 Å². The highest BCUT2D eigenvalue weighted by Gasteiger charge is 2.19. The molecule has 0 spiro atoms. The summed E-state index contributed by atoms with van der Waals surface area (Å²) >= 11 is 0. The van der Waals surface area contributed by atoms with Crippen LogP contribution in [0.15, 0.2) is 0 Å². The number of hydrogen-bond donors (Lipinski definition) is 2. The Morgan fingerprint density at radius 3 is 1.89 bits per heavy atom. The molecule has 1 aliphatic carbocycles.